The molecule has 0 saturated heterocycles. The lowest BCUT2D eigenvalue weighted by atomic mass is 9.44. The number of aliphatic hydroxyl groups excluding tert-OH is 1. The van der Waals surface area contributed by atoms with Crippen molar-refractivity contribution in [2.24, 2.45) is 22.7 Å². The summed E-state index contributed by atoms with van der Waals surface area (Å²) >= 11 is 0. The van der Waals surface area contributed by atoms with E-state index >= 15 is 0 Å². The average molecular weight is 445 g/mol. The van der Waals surface area contributed by atoms with Gasteiger partial charge >= 0.3 is 0 Å². The fraction of sp³-hybridized carbons (Fsp3) is 0.800. The van der Waals surface area contributed by atoms with Crippen molar-refractivity contribution in [2.45, 2.75) is 131 Å². The normalized spacial score (nSPS) is 35.4. The number of allylic oxidation sites excluding steroid dienone is 6. The molecule has 2 fully saturated rings. The predicted octanol–water partition coefficient (Wildman–Crippen LogP) is 8.15. The molecule has 0 amide bonds. The maximum absolute atomic E-state index is 11.4. The molecule has 0 bridgehead atoms. The highest BCUT2D eigenvalue weighted by atomic mass is 16.3. The Balaban J connectivity index is 1.94. The van der Waals surface area contributed by atoms with Crippen LogP contribution in [0.2, 0.25) is 0 Å². The minimum atomic E-state index is -0.601. The molecule has 2 saturated carbocycles. The van der Waals surface area contributed by atoms with Gasteiger partial charge in [-0.25, -0.2) is 0 Å². The monoisotopic (exact) mass is 444 g/mol. The van der Waals surface area contributed by atoms with E-state index in [2.05, 4.69) is 73.6 Å². The first kappa shape index (κ1) is 27.4. The molecule has 0 spiro atoms. The average Bonchev–Trinajstić information content (AvgIpc) is 2.67. The van der Waals surface area contributed by atoms with Crippen molar-refractivity contribution in [1.82, 2.24) is 0 Å². The van der Waals surface area contributed by atoms with Crippen LogP contribution in [0, 0.1) is 22.7 Å². The van der Waals surface area contributed by atoms with Crippen molar-refractivity contribution < 1.29 is 10.2 Å². The summed E-state index contributed by atoms with van der Waals surface area (Å²) in [4.78, 5) is 0. The van der Waals surface area contributed by atoms with Gasteiger partial charge in [0, 0.05) is 0 Å². The fourth-order valence-electron chi connectivity index (χ4n) is 6.99. The van der Waals surface area contributed by atoms with Gasteiger partial charge in [-0.15, -0.1) is 0 Å². The zero-order valence-corrected chi connectivity index (χ0v) is 22.4. The third kappa shape index (κ3) is 6.60. The third-order valence-corrected chi connectivity index (χ3v) is 9.07. The first-order valence-electron chi connectivity index (χ1n) is 13.2. The smallest absolute Gasteiger partial charge is 0.0653 e. The van der Waals surface area contributed by atoms with Crippen molar-refractivity contribution in [3.05, 3.63) is 34.9 Å². The number of rotatable bonds is 9. The highest BCUT2D eigenvalue weighted by molar-refractivity contribution is 5.10. The Bertz CT molecular complexity index is 704. The Hall–Kier alpha value is -0.860. The molecule has 0 aromatic carbocycles. The minimum Gasteiger partial charge on any atom is -0.393 e. The van der Waals surface area contributed by atoms with Gasteiger partial charge in [0.1, 0.15) is 0 Å². The summed E-state index contributed by atoms with van der Waals surface area (Å²) in [6.45, 7) is 17.8. The van der Waals surface area contributed by atoms with Crippen LogP contribution in [0.1, 0.15) is 120 Å². The largest absolute Gasteiger partial charge is 0.393 e. The zero-order valence-electron chi connectivity index (χ0n) is 22.4. The van der Waals surface area contributed by atoms with E-state index in [-0.39, 0.29) is 16.9 Å². The fourth-order valence-corrected chi connectivity index (χ4v) is 6.99. The summed E-state index contributed by atoms with van der Waals surface area (Å²) in [6.07, 6.45) is 17.3. The summed E-state index contributed by atoms with van der Waals surface area (Å²) in [5.74, 6) is 0.773. The van der Waals surface area contributed by atoms with Gasteiger partial charge in [0.2, 0.25) is 0 Å². The van der Waals surface area contributed by atoms with Gasteiger partial charge < -0.3 is 10.2 Å². The van der Waals surface area contributed by atoms with E-state index in [4.69, 9.17) is 0 Å². The van der Waals surface area contributed by atoms with Gasteiger partial charge in [0.25, 0.3) is 0 Å². The topological polar surface area (TPSA) is 40.5 Å². The quantitative estimate of drug-likeness (QED) is 0.352. The Labute approximate surface area is 199 Å². The molecule has 2 N–H and O–H groups in total. The van der Waals surface area contributed by atoms with Gasteiger partial charge in [-0.05, 0) is 121 Å². The second-order valence-corrected chi connectivity index (χ2v) is 12.4. The van der Waals surface area contributed by atoms with Crippen LogP contribution >= 0.6 is 0 Å². The van der Waals surface area contributed by atoms with Gasteiger partial charge in [-0.2, -0.15) is 0 Å². The lowest BCUT2D eigenvalue weighted by Gasteiger charge is -2.62. The summed E-state index contributed by atoms with van der Waals surface area (Å²) in [5, 5.41) is 22.0. The zero-order chi connectivity index (χ0) is 24.2. The third-order valence-electron chi connectivity index (χ3n) is 9.07. The highest BCUT2D eigenvalue weighted by Crippen LogP contribution is 2.62. The van der Waals surface area contributed by atoms with Crippen LogP contribution in [0.15, 0.2) is 34.9 Å². The van der Waals surface area contributed by atoms with Crippen LogP contribution in [0.25, 0.3) is 0 Å². The van der Waals surface area contributed by atoms with E-state index in [0.29, 0.717) is 11.8 Å². The molecular weight excluding hydrogens is 392 g/mol. The Morgan fingerprint density at radius 3 is 1.97 bits per heavy atom. The number of fused-ring (bicyclic) bond motifs is 1. The van der Waals surface area contributed by atoms with Crippen LogP contribution in [0.3, 0.4) is 0 Å². The van der Waals surface area contributed by atoms with Gasteiger partial charge in [-0.3, -0.25) is 0 Å². The maximum atomic E-state index is 11.4. The molecule has 5 atom stereocenters. The number of hydrogen-bond acceptors (Lipinski definition) is 2. The maximum Gasteiger partial charge on any atom is 0.0653 e. The molecule has 2 heteroatoms. The SMILES string of the molecule is CC(C)=CCC/C(C)=C/CC/C(C)=C/CCC1C2(C)CC[C@H](O)C(C)(C)C2CC[C@@]1(C)O. The molecule has 2 aliphatic carbocycles. The van der Waals surface area contributed by atoms with Crippen LogP contribution in [0.5, 0.6) is 0 Å². The summed E-state index contributed by atoms with van der Waals surface area (Å²) < 4.78 is 0. The first-order valence-corrected chi connectivity index (χ1v) is 13.2. The van der Waals surface area contributed by atoms with Crippen molar-refractivity contribution in [2.75, 3.05) is 0 Å². The molecule has 2 nitrogen and oxygen atoms in total. The molecular formula is C30H52O2. The number of aliphatic hydroxyl groups is 2. The minimum absolute atomic E-state index is 0.0662. The van der Waals surface area contributed by atoms with Crippen molar-refractivity contribution in [3.8, 4) is 0 Å². The summed E-state index contributed by atoms with van der Waals surface area (Å²) in [6, 6.07) is 0. The Morgan fingerprint density at radius 2 is 1.38 bits per heavy atom. The van der Waals surface area contributed by atoms with Crippen molar-refractivity contribution in [3.63, 3.8) is 0 Å². The molecule has 0 heterocycles. The van der Waals surface area contributed by atoms with Crippen LogP contribution in [-0.2, 0) is 0 Å². The van der Waals surface area contributed by atoms with E-state index in [1.807, 2.05) is 0 Å². The van der Waals surface area contributed by atoms with E-state index in [9.17, 15) is 10.2 Å². The lowest BCUT2D eigenvalue weighted by Crippen LogP contribution is -2.60. The van der Waals surface area contributed by atoms with Crippen LogP contribution in [-0.4, -0.2) is 21.9 Å². The Morgan fingerprint density at radius 1 is 0.812 bits per heavy atom. The summed E-state index contributed by atoms with van der Waals surface area (Å²) in [5.41, 5.74) is 3.81. The molecule has 3 unspecified atom stereocenters. The van der Waals surface area contributed by atoms with E-state index in [0.717, 1.165) is 64.2 Å². The van der Waals surface area contributed by atoms with Crippen molar-refractivity contribution >= 4 is 0 Å². The molecule has 0 aromatic heterocycles. The number of hydrogen-bond donors (Lipinski definition) is 2. The van der Waals surface area contributed by atoms with E-state index in [1.165, 1.54) is 16.7 Å². The van der Waals surface area contributed by atoms with E-state index in [1.54, 1.807) is 0 Å². The highest BCUT2D eigenvalue weighted by Gasteiger charge is 2.59. The molecule has 0 aromatic rings. The Kier molecular flexibility index (Phi) is 9.45. The lowest BCUT2D eigenvalue weighted by molar-refractivity contribution is -0.195. The standard InChI is InChI=1S/C30H52O2/c1-22(2)12-9-13-23(3)14-10-15-24(4)16-11-17-26-29(7)20-19-27(31)28(5,6)25(29)18-21-30(26,8)32/h12,14,16,25-27,31-32H,9-11,13,15,17-21H2,1-8H3/b23-14+,24-16+/t25?,26?,27-,29?,30+/m0/s1. The van der Waals surface area contributed by atoms with E-state index < -0.39 is 5.60 Å². The van der Waals surface area contributed by atoms with Crippen LogP contribution in [0.4, 0.5) is 0 Å². The van der Waals surface area contributed by atoms with Crippen molar-refractivity contribution in [1.29, 1.82) is 0 Å². The summed E-state index contributed by atoms with van der Waals surface area (Å²) in [7, 11) is 0. The van der Waals surface area contributed by atoms with Crippen LogP contribution < -0.4 is 0 Å². The molecule has 0 aliphatic heterocycles. The molecule has 32 heavy (non-hydrogen) atoms. The van der Waals surface area contributed by atoms with Gasteiger partial charge in [-0.1, -0.05) is 55.7 Å². The second kappa shape index (κ2) is 11.0. The predicted molar refractivity (Wildman–Crippen MR) is 139 cm³/mol. The molecule has 184 valence electrons. The second-order valence-electron chi connectivity index (χ2n) is 12.4. The molecule has 2 rings (SSSR count). The first-order chi connectivity index (χ1) is 14.8. The molecule has 0 radical (unpaired) electrons. The molecule has 2 aliphatic rings. The van der Waals surface area contributed by atoms with Gasteiger partial charge in [0.15, 0.2) is 0 Å². The van der Waals surface area contributed by atoms with Gasteiger partial charge in [0.05, 0.1) is 11.7 Å².